The van der Waals surface area contributed by atoms with Gasteiger partial charge in [0.2, 0.25) is 5.56 Å². The summed E-state index contributed by atoms with van der Waals surface area (Å²) in [5, 5.41) is 3.43. The lowest BCUT2D eigenvalue weighted by molar-refractivity contribution is 0.208. The number of aromatic nitrogens is 1. The molecule has 0 bridgehead atoms. The molecule has 1 aliphatic rings. The number of guanidine groups is 1. The molecular weight excluding hydrogens is 300 g/mol. The summed E-state index contributed by atoms with van der Waals surface area (Å²) in [5.74, 6) is 2.50. The summed E-state index contributed by atoms with van der Waals surface area (Å²) in [4.78, 5) is 18.9. The second-order valence-electron chi connectivity index (χ2n) is 7.03. The fourth-order valence-electron chi connectivity index (χ4n) is 3.49. The maximum absolute atomic E-state index is 11.7. The molecule has 0 spiro atoms. The van der Waals surface area contributed by atoms with Gasteiger partial charge in [0.25, 0.3) is 0 Å². The van der Waals surface area contributed by atoms with Crippen molar-refractivity contribution in [1.29, 1.82) is 0 Å². The highest BCUT2D eigenvalue weighted by Crippen LogP contribution is 2.20. The highest BCUT2D eigenvalue weighted by atomic mass is 16.1. The topological polar surface area (TPSA) is 49.6 Å². The van der Waals surface area contributed by atoms with E-state index in [0.717, 1.165) is 63.4 Å². The number of hydrogen-bond acceptors (Lipinski definition) is 2. The average Bonchev–Trinajstić information content (AvgIpc) is 2.54. The molecule has 0 aliphatic carbocycles. The predicted octanol–water partition coefficient (Wildman–Crippen LogP) is 2.57. The number of hydrogen-bond donors (Lipinski definition) is 1. The van der Waals surface area contributed by atoms with Crippen LogP contribution in [0.2, 0.25) is 0 Å². The zero-order valence-electron chi connectivity index (χ0n) is 15.4. The molecule has 2 heterocycles. The van der Waals surface area contributed by atoms with E-state index >= 15 is 0 Å². The van der Waals surface area contributed by atoms with Crippen LogP contribution in [-0.4, -0.2) is 41.6 Å². The molecule has 0 amide bonds. The summed E-state index contributed by atoms with van der Waals surface area (Å²) in [6, 6.07) is 5.30. The van der Waals surface area contributed by atoms with Gasteiger partial charge in [-0.3, -0.25) is 9.79 Å². The number of aliphatic imine (C=N–C) groups is 1. The Hall–Kier alpha value is -1.78. The summed E-state index contributed by atoms with van der Waals surface area (Å²) >= 11 is 0. The number of nitrogens with one attached hydrogen (secondary N) is 1. The normalized spacial score (nSPS) is 21.8. The quantitative estimate of drug-likeness (QED) is 0.495. The van der Waals surface area contributed by atoms with Crippen molar-refractivity contribution in [3.63, 3.8) is 0 Å². The van der Waals surface area contributed by atoms with Crippen molar-refractivity contribution in [2.24, 2.45) is 16.8 Å². The Morgan fingerprint density at radius 3 is 2.67 bits per heavy atom. The van der Waals surface area contributed by atoms with Crippen molar-refractivity contribution >= 4 is 5.96 Å². The Balaban J connectivity index is 1.82. The van der Waals surface area contributed by atoms with Crippen LogP contribution in [0.5, 0.6) is 0 Å². The summed E-state index contributed by atoms with van der Waals surface area (Å²) in [5.41, 5.74) is 0.0747. The Morgan fingerprint density at radius 2 is 2.00 bits per heavy atom. The fourth-order valence-corrected chi connectivity index (χ4v) is 3.49. The molecule has 24 heavy (non-hydrogen) atoms. The second kappa shape index (κ2) is 9.50. The van der Waals surface area contributed by atoms with Crippen molar-refractivity contribution in [2.75, 3.05) is 26.2 Å². The molecule has 0 aromatic carbocycles. The van der Waals surface area contributed by atoms with Gasteiger partial charge in [0.05, 0.1) is 0 Å². The van der Waals surface area contributed by atoms with E-state index in [1.165, 1.54) is 6.42 Å². The Kier molecular flexibility index (Phi) is 7.35. The molecule has 1 N–H and O–H groups in total. The Labute approximate surface area is 145 Å². The van der Waals surface area contributed by atoms with Crippen LogP contribution in [0.25, 0.3) is 0 Å². The highest BCUT2D eigenvalue weighted by molar-refractivity contribution is 5.80. The maximum atomic E-state index is 11.7. The molecule has 1 saturated heterocycles. The van der Waals surface area contributed by atoms with Crippen LogP contribution in [0, 0.1) is 11.8 Å². The zero-order valence-corrected chi connectivity index (χ0v) is 15.4. The number of unbranched alkanes of at least 4 members (excludes halogenated alkanes) is 1. The molecular formula is C19H32N4O. The van der Waals surface area contributed by atoms with Gasteiger partial charge in [-0.1, -0.05) is 19.9 Å². The van der Waals surface area contributed by atoms with E-state index in [1.807, 2.05) is 12.3 Å². The first-order valence-corrected chi connectivity index (χ1v) is 9.29. The Morgan fingerprint density at radius 1 is 1.25 bits per heavy atom. The van der Waals surface area contributed by atoms with E-state index in [0.29, 0.717) is 0 Å². The number of aryl methyl sites for hydroxylation is 1. The van der Waals surface area contributed by atoms with Crippen LogP contribution in [0.4, 0.5) is 0 Å². The van der Waals surface area contributed by atoms with Crippen molar-refractivity contribution < 1.29 is 0 Å². The minimum Gasteiger partial charge on any atom is -0.357 e. The molecule has 2 unspecified atom stereocenters. The summed E-state index contributed by atoms with van der Waals surface area (Å²) in [7, 11) is 0. The van der Waals surface area contributed by atoms with Gasteiger partial charge in [-0.05, 0) is 44.1 Å². The average molecular weight is 332 g/mol. The first kappa shape index (κ1) is 18.6. The molecule has 2 atom stereocenters. The van der Waals surface area contributed by atoms with E-state index in [9.17, 15) is 4.79 Å². The van der Waals surface area contributed by atoms with Gasteiger partial charge in [0.1, 0.15) is 0 Å². The monoisotopic (exact) mass is 332 g/mol. The number of likely N-dealkylation sites (tertiary alicyclic amines) is 1. The third kappa shape index (κ3) is 5.69. The SMILES string of the molecule is CCNC(=NCCCCn1ccccc1=O)N1CC(C)CC(C)C1. The van der Waals surface area contributed by atoms with Crippen LogP contribution >= 0.6 is 0 Å². The van der Waals surface area contributed by atoms with Crippen LogP contribution < -0.4 is 10.9 Å². The van der Waals surface area contributed by atoms with Gasteiger partial charge in [-0.15, -0.1) is 0 Å². The molecule has 1 fully saturated rings. The molecule has 134 valence electrons. The third-order valence-corrected chi connectivity index (χ3v) is 4.47. The summed E-state index contributed by atoms with van der Waals surface area (Å²) in [6.07, 6.45) is 5.13. The second-order valence-corrected chi connectivity index (χ2v) is 7.03. The lowest BCUT2D eigenvalue weighted by Crippen LogP contribution is -2.48. The van der Waals surface area contributed by atoms with Crippen LogP contribution in [0.15, 0.2) is 34.2 Å². The minimum absolute atomic E-state index is 0.0747. The number of nitrogens with zero attached hydrogens (tertiary/aromatic N) is 3. The molecule has 1 aromatic rings. The van der Waals surface area contributed by atoms with E-state index in [2.05, 4.69) is 31.0 Å². The van der Waals surface area contributed by atoms with Crippen molar-refractivity contribution in [2.45, 2.75) is 46.6 Å². The van der Waals surface area contributed by atoms with E-state index in [-0.39, 0.29) is 5.56 Å². The van der Waals surface area contributed by atoms with E-state index in [1.54, 1.807) is 16.7 Å². The van der Waals surface area contributed by atoms with Crippen LogP contribution in [-0.2, 0) is 6.54 Å². The Bertz CT molecular complexity index is 571. The van der Waals surface area contributed by atoms with Crippen LogP contribution in [0.1, 0.15) is 40.0 Å². The first-order chi connectivity index (χ1) is 11.6. The molecule has 0 saturated carbocycles. The highest BCUT2D eigenvalue weighted by Gasteiger charge is 2.23. The summed E-state index contributed by atoms with van der Waals surface area (Å²) in [6.45, 7) is 11.4. The van der Waals surface area contributed by atoms with Gasteiger partial charge < -0.3 is 14.8 Å². The molecule has 1 aromatic heterocycles. The van der Waals surface area contributed by atoms with Gasteiger partial charge in [-0.2, -0.15) is 0 Å². The van der Waals surface area contributed by atoms with Gasteiger partial charge in [-0.25, -0.2) is 0 Å². The number of piperidine rings is 1. The van der Waals surface area contributed by atoms with Gasteiger partial charge in [0, 0.05) is 45.0 Å². The predicted molar refractivity (Wildman–Crippen MR) is 100 cm³/mol. The lowest BCUT2D eigenvalue weighted by Gasteiger charge is -2.37. The summed E-state index contributed by atoms with van der Waals surface area (Å²) < 4.78 is 1.77. The molecule has 5 nitrogen and oxygen atoms in total. The fraction of sp³-hybridized carbons (Fsp3) is 0.684. The van der Waals surface area contributed by atoms with E-state index < -0.39 is 0 Å². The van der Waals surface area contributed by atoms with E-state index in [4.69, 9.17) is 4.99 Å². The van der Waals surface area contributed by atoms with Crippen LogP contribution in [0.3, 0.4) is 0 Å². The van der Waals surface area contributed by atoms with Crippen molar-refractivity contribution in [3.05, 3.63) is 34.7 Å². The standard InChI is InChI=1S/C19H32N4O/c1-4-20-19(23-14-16(2)13-17(3)15-23)21-10-6-8-12-22-11-7-5-9-18(22)24/h5,7,9,11,16-17H,4,6,8,10,12-15H2,1-3H3,(H,20,21). The third-order valence-electron chi connectivity index (χ3n) is 4.47. The minimum atomic E-state index is 0.0747. The van der Waals surface area contributed by atoms with Gasteiger partial charge >= 0.3 is 0 Å². The maximum Gasteiger partial charge on any atom is 0.250 e. The van der Waals surface area contributed by atoms with Crippen molar-refractivity contribution in [3.8, 4) is 0 Å². The molecule has 1 aliphatic heterocycles. The smallest absolute Gasteiger partial charge is 0.250 e. The molecule has 2 rings (SSSR count). The largest absolute Gasteiger partial charge is 0.357 e. The van der Waals surface area contributed by atoms with Crippen molar-refractivity contribution in [1.82, 2.24) is 14.8 Å². The number of rotatable bonds is 6. The lowest BCUT2D eigenvalue weighted by atomic mass is 9.92. The first-order valence-electron chi connectivity index (χ1n) is 9.29. The van der Waals surface area contributed by atoms with Gasteiger partial charge in [0.15, 0.2) is 5.96 Å². The number of pyridine rings is 1. The zero-order chi connectivity index (χ0) is 17.4. The molecule has 5 heteroatoms. The molecule has 0 radical (unpaired) electrons.